The maximum Gasteiger partial charge on any atom is 0.230 e. The molecule has 5 rings (SSSR count). The first-order chi connectivity index (χ1) is 20.6. The summed E-state index contributed by atoms with van der Waals surface area (Å²) in [5.74, 6) is -0.476. The molecule has 2 saturated heterocycles. The van der Waals surface area contributed by atoms with Crippen molar-refractivity contribution in [3.8, 4) is 34.3 Å². The Kier molecular flexibility index (Phi) is 9.07. The van der Waals surface area contributed by atoms with Gasteiger partial charge in [-0.25, -0.2) is 0 Å². The van der Waals surface area contributed by atoms with Crippen molar-refractivity contribution in [2.75, 3.05) is 27.4 Å². The number of aliphatic hydroxyl groups excluding tert-OH is 6. The van der Waals surface area contributed by atoms with Crippen molar-refractivity contribution in [2.45, 2.75) is 55.3 Å². The van der Waals surface area contributed by atoms with E-state index in [1.54, 1.807) is 24.3 Å². The number of methoxy groups -OCH3 is 2. The van der Waals surface area contributed by atoms with Crippen molar-refractivity contribution in [1.29, 1.82) is 0 Å². The van der Waals surface area contributed by atoms with Gasteiger partial charge in [-0.05, 0) is 24.3 Å². The molecule has 43 heavy (non-hydrogen) atoms. The van der Waals surface area contributed by atoms with Gasteiger partial charge in [0.25, 0.3) is 0 Å². The predicted molar refractivity (Wildman–Crippen MR) is 144 cm³/mol. The van der Waals surface area contributed by atoms with Crippen LogP contribution in [0.1, 0.15) is 0 Å². The van der Waals surface area contributed by atoms with Crippen molar-refractivity contribution in [1.82, 2.24) is 0 Å². The standard InChI is InChI=1S/C28H32O15/c1-37-12-5-3-11(4-6-12)15-7-13(30)19-16(40-15)8-17(38-2)25(22(19)34)42-28-26(23(35)21(33)18(9-29)41-28)43-27-24(36)20(32)14(31)10-39-27/h3-8,14,18,20-21,23-24,26-29,31-36H,9-10H2,1-2H3/t14-,18-,20+,21-,23+,24-,26-,27+,28+/m1/s1. The van der Waals surface area contributed by atoms with Crippen LogP contribution in [-0.2, 0) is 14.2 Å². The Bertz CT molecular complexity index is 1470. The van der Waals surface area contributed by atoms with Crippen LogP contribution in [0.15, 0.2) is 45.6 Å². The molecule has 15 heteroatoms. The number of hydrogen-bond donors (Lipinski definition) is 7. The number of rotatable bonds is 8. The largest absolute Gasteiger partial charge is 0.504 e. The number of phenols is 1. The molecule has 7 N–H and O–H groups in total. The Morgan fingerprint density at radius 1 is 0.907 bits per heavy atom. The molecule has 0 saturated carbocycles. The fourth-order valence-corrected chi connectivity index (χ4v) is 4.89. The molecule has 2 fully saturated rings. The van der Waals surface area contributed by atoms with E-state index >= 15 is 0 Å². The Labute approximate surface area is 243 Å². The Balaban J connectivity index is 1.51. The van der Waals surface area contributed by atoms with Crippen LogP contribution in [0.5, 0.6) is 23.0 Å². The fourth-order valence-electron chi connectivity index (χ4n) is 4.89. The highest BCUT2D eigenvalue weighted by Crippen LogP contribution is 2.44. The number of benzene rings is 2. The molecule has 15 nitrogen and oxygen atoms in total. The molecule has 0 radical (unpaired) electrons. The zero-order valence-corrected chi connectivity index (χ0v) is 23.0. The molecule has 9 atom stereocenters. The number of fused-ring (bicyclic) bond motifs is 1. The van der Waals surface area contributed by atoms with Crippen molar-refractivity contribution in [2.24, 2.45) is 0 Å². The lowest BCUT2D eigenvalue weighted by Crippen LogP contribution is -2.63. The van der Waals surface area contributed by atoms with Crippen LogP contribution >= 0.6 is 0 Å². The quantitative estimate of drug-likeness (QED) is 0.160. The molecule has 2 aromatic carbocycles. The van der Waals surface area contributed by atoms with E-state index in [0.29, 0.717) is 11.3 Å². The zero-order chi connectivity index (χ0) is 31.0. The van der Waals surface area contributed by atoms with Gasteiger partial charge in [-0.3, -0.25) is 4.79 Å². The van der Waals surface area contributed by atoms with Gasteiger partial charge in [0.15, 0.2) is 29.3 Å². The highest BCUT2D eigenvalue weighted by Gasteiger charge is 2.50. The first-order valence-corrected chi connectivity index (χ1v) is 13.2. The molecule has 3 heterocycles. The number of ether oxygens (including phenoxy) is 6. The number of aliphatic hydroxyl groups is 6. The summed E-state index contributed by atoms with van der Waals surface area (Å²) in [6.45, 7) is -1.18. The SMILES string of the molecule is COc1ccc(-c2cc(=O)c3c(O)c(O[C@@H]4O[C@H](CO)[C@@H](O)[C@H](O)[C@H]4O[C@@H]4OC[C@@H](O)[C@H](O)[C@H]4O)c(OC)cc3o2)cc1. The summed E-state index contributed by atoms with van der Waals surface area (Å²) in [5, 5.41) is 72.0. The first-order valence-electron chi connectivity index (χ1n) is 13.2. The minimum Gasteiger partial charge on any atom is -0.504 e. The highest BCUT2D eigenvalue weighted by molar-refractivity contribution is 5.89. The molecule has 0 aliphatic carbocycles. The average Bonchev–Trinajstić information content (AvgIpc) is 3.01. The van der Waals surface area contributed by atoms with Crippen LogP contribution in [0.2, 0.25) is 0 Å². The second kappa shape index (κ2) is 12.6. The Morgan fingerprint density at radius 3 is 2.28 bits per heavy atom. The monoisotopic (exact) mass is 608 g/mol. The van der Waals surface area contributed by atoms with E-state index in [4.69, 9.17) is 32.8 Å². The van der Waals surface area contributed by atoms with Crippen LogP contribution in [-0.4, -0.2) is 118 Å². The van der Waals surface area contributed by atoms with Gasteiger partial charge in [-0.15, -0.1) is 0 Å². The summed E-state index contributed by atoms with van der Waals surface area (Å²) in [4.78, 5) is 13.2. The van der Waals surface area contributed by atoms with E-state index in [1.165, 1.54) is 26.4 Å². The van der Waals surface area contributed by atoms with E-state index in [0.717, 1.165) is 0 Å². The molecular formula is C28H32O15. The third-order valence-corrected chi connectivity index (χ3v) is 7.31. The van der Waals surface area contributed by atoms with Gasteiger partial charge in [-0.1, -0.05) is 0 Å². The Hall–Kier alpha value is -3.51. The van der Waals surface area contributed by atoms with Crippen molar-refractivity contribution < 1.29 is 68.6 Å². The van der Waals surface area contributed by atoms with Gasteiger partial charge in [0.1, 0.15) is 59.1 Å². The summed E-state index contributed by atoms with van der Waals surface area (Å²) >= 11 is 0. The molecule has 0 amide bonds. The van der Waals surface area contributed by atoms with Crippen molar-refractivity contribution in [3.05, 3.63) is 46.6 Å². The molecule has 0 bridgehead atoms. The lowest BCUT2D eigenvalue weighted by molar-refractivity contribution is -0.345. The van der Waals surface area contributed by atoms with E-state index in [1.807, 2.05) is 0 Å². The van der Waals surface area contributed by atoms with Crippen molar-refractivity contribution >= 4 is 11.0 Å². The minimum atomic E-state index is -1.80. The molecule has 234 valence electrons. The van der Waals surface area contributed by atoms with E-state index in [-0.39, 0.29) is 22.5 Å². The van der Waals surface area contributed by atoms with Gasteiger partial charge >= 0.3 is 0 Å². The normalized spacial score (nSPS) is 31.1. The van der Waals surface area contributed by atoms with Gasteiger partial charge in [0, 0.05) is 17.7 Å². The van der Waals surface area contributed by atoms with Gasteiger partial charge in [0.2, 0.25) is 12.0 Å². The molecule has 3 aromatic rings. The summed E-state index contributed by atoms with van der Waals surface area (Å²) in [6.07, 6.45) is -14.7. The predicted octanol–water partition coefficient (Wildman–Crippen LogP) is -1.18. The maximum absolute atomic E-state index is 13.2. The molecule has 2 aliphatic heterocycles. The third kappa shape index (κ3) is 5.86. The second-order valence-electron chi connectivity index (χ2n) is 10.0. The zero-order valence-electron chi connectivity index (χ0n) is 23.0. The minimum absolute atomic E-state index is 0.0488. The van der Waals surface area contributed by atoms with Crippen molar-refractivity contribution in [3.63, 3.8) is 0 Å². The molecule has 0 spiro atoms. The fraction of sp³-hybridized carbons (Fsp3) is 0.464. The van der Waals surface area contributed by atoms with Crippen LogP contribution in [0.4, 0.5) is 0 Å². The summed E-state index contributed by atoms with van der Waals surface area (Å²) < 4.78 is 38.8. The summed E-state index contributed by atoms with van der Waals surface area (Å²) in [5.41, 5.74) is -0.127. The van der Waals surface area contributed by atoms with Gasteiger partial charge in [0.05, 0.1) is 27.4 Å². The Morgan fingerprint density at radius 2 is 1.63 bits per heavy atom. The van der Waals surface area contributed by atoms with E-state index in [9.17, 15) is 40.5 Å². The number of hydrogen-bond acceptors (Lipinski definition) is 15. The van der Waals surface area contributed by atoms with E-state index < -0.39 is 85.4 Å². The number of aromatic hydroxyl groups is 1. The summed E-state index contributed by atoms with van der Waals surface area (Å²) in [7, 11) is 2.77. The topological polar surface area (TPSA) is 227 Å². The van der Waals surface area contributed by atoms with Crippen LogP contribution < -0.4 is 19.6 Å². The molecule has 1 aromatic heterocycles. The maximum atomic E-state index is 13.2. The third-order valence-electron chi connectivity index (χ3n) is 7.31. The lowest BCUT2D eigenvalue weighted by Gasteiger charge is -2.44. The van der Waals surface area contributed by atoms with Crippen LogP contribution in [0.25, 0.3) is 22.3 Å². The molecular weight excluding hydrogens is 576 g/mol. The smallest absolute Gasteiger partial charge is 0.230 e. The average molecular weight is 609 g/mol. The second-order valence-corrected chi connectivity index (χ2v) is 10.0. The highest BCUT2D eigenvalue weighted by atomic mass is 16.8. The molecule has 2 aliphatic rings. The van der Waals surface area contributed by atoms with Crippen LogP contribution in [0.3, 0.4) is 0 Å². The molecule has 0 unspecified atom stereocenters. The van der Waals surface area contributed by atoms with Crippen LogP contribution in [0, 0.1) is 0 Å². The lowest BCUT2D eigenvalue weighted by atomic mass is 9.98. The van der Waals surface area contributed by atoms with Gasteiger partial charge in [-0.2, -0.15) is 0 Å². The number of phenolic OH excluding ortho intramolecular Hbond substituents is 1. The first kappa shape index (κ1) is 30.9. The van der Waals surface area contributed by atoms with E-state index in [2.05, 4.69) is 0 Å². The summed E-state index contributed by atoms with van der Waals surface area (Å²) in [6, 6.07) is 9.19. The van der Waals surface area contributed by atoms with Gasteiger partial charge < -0.3 is 68.6 Å².